The van der Waals surface area contributed by atoms with Crippen molar-refractivity contribution in [2.75, 3.05) is 32.7 Å². The number of hydrogen-bond acceptors (Lipinski definition) is 3. The second kappa shape index (κ2) is 14.0. The van der Waals surface area contributed by atoms with Crippen LogP contribution < -0.4 is 5.32 Å². The van der Waals surface area contributed by atoms with Crippen LogP contribution in [0.25, 0.3) is 0 Å². The van der Waals surface area contributed by atoms with Gasteiger partial charge in [0.1, 0.15) is 5.78 Å². The van der Waals surface area contributed by atoms with Crippen LogP contribution in [0.4, 0.5) is 0 Å². The summed E-state index contributed by atoms with van der Waals surface area (Å²) < 4.78 is 0. The van der Waals surface area contributed by atoms with Gasteiger partial charge in [0.2, 0.25) is 0 Å². The summed E-state index contributed by atoms with van der Waals surface area (Å²) in [5.74, 6) is 0.437. The van der Waals surface area contributed by atoms with Crippen LogP contribution in [0.15, 0.2) is 0 Å². The number of hydrogen-bond donors (Lipinski definition) is 1. The normalized spacial score (nSPS) is 16.1. The molecule has 114 valence electrons. The maximum absolute atomic E-state index is 10.8. The summed E-state index contributed by atoms with van der Waals surface area (Å²) in [5.41, 5.74) is 0. The molecule has 0 aromatic heterocycles. The van der Waals surface area contributed by atoms with E-state index >= 15 is 0 Å². The highest BCUT2D eigenvalue weighted by Gasteiger charge is 2.14. The maximum Gasteiger partial charge on any atom is 0.135 e. The van der Waals surface area contributed by atoms with Crippen molar-refractivity contribution in [3.05, 3.63) is 0 Å². The zero-order valence-corrected chi connectivity index (χ0v) is 13.3. The van der Waals surface area contributed by atoms with Crippen molar-refractivity contribution in [2.45, 2.75) is 65.7 Å². The summed E-state index contributed by atoms with van der Waals surface area (Å²) in [5, 5.41) is 3.39. The highest BCUT2D eigenvalue weighted by molar-refractivity contribution is 5.79. The molecule has 1 N–H and O–H groups in total. The molecule has 1 aliphatic rings. The van der Waals surface area contributed by atoms with E-state index in [1.165, 1.54) is 45.2 Å². The second-order valence-electron chi connectivity index (χ2n) is 5.34. The molecule has 0 spiro atoms. The fourth-order valence-electron chi connectivity index (χ4n) is 2.07. The first kappa shape index (κ1) is 18.6. The van der Waals surface area contributed by atoms with Gasteiger partial charge in [0.15, 0.2) is 0 Å². The smallest absolute Gasteiger partial charge is 0.135 e. The molecule has 3 heteroatoms. The molecule has 1 heterocycles. The van der Waals surface area contributed by atoms with Crippen LogP contribution in [-0.2, 0) is 4.79 Å². The number of rotatable bonds is 8. The van der Waals surface area contributed by atoms with Gasteiger partial charge in [-0.3, -0.25) is 4.79 Å². The molecule has 0 radical (unpaired) electrons. The van der Waals surface area contributed by atoms with Crippen molar-refractivity contribution >= 4 is 5.78 Å². The molecule has 0 aromatic carbocycles. The Balaban J connectivity index is 0.000000344. The summed E-state index contributed by atoms with van der Waals surface area (Å²) >= 11 is 0. The van der Waals surface area contributed by atoms with E-state index in [-0.39, 0.29) is 0 Å². The first-order valence-corrected chi connectivity index (χ1v) is 8.19. The Labute approximate surface area is 120 Å². The van der Waals surface area contributed by atoms with Gasteiger partial charge >= 0.3 is 0 Å². The Morgan fingerprint density at radius 2 is 1.47 bits per heavy atom. The van der Waals surface area contributed by atoms with Gasteiger partial charge in [-0.1, -0.05) is 33.6 Å². The van der Waals surface area contributed by atoms with Gasteiger partial charge < -0.3 is 10.2 Å². The molecule has 1 aliphatic heterocycles. The van der Waals surface area contributed by atoms with E-state index in [2.05, 4.69) is 31.0 Å². The van der Waals surface area contributed by atoms with Crippen LogP contribution in [0.1, 0.15) is 65.7 Å². The molecule has 0 aromatic rings. The minimum Gasteiger partial charge on any atom is -0.317 e. The standard InChI is InChI=1S/C8H15NO.C8H19N/c1-2-5-9-6-3-8(10)4-7-9;1-3-5-7-9-8-6-4-2/h2-7H2,1H3;9H,3-8H2,1-2H3. The average molecular weight is 270 g/mol. The molecule has 1 rings (SSSR count). The number of nitrogens with one attached hydrogen (secondary N) is 1. The van der Waals surface area contributed by atoms with E-state index in [9.17, 15) is 4.79 Å². The van der Waals surface area contributed by atoms with E-state index in [0.717, 1.165) is 32.5 Å². The predicted molar refractivity (Wildman–Crippen MR) is 83.7 cm³/mol. The Morgan fingerprint density at radius 3 is 1.89 bits per heavy atom. The van der Waals surface area contributed by atoms with Crippen molar-refractivity contribution in [3.8, 4) is 0 Å². The number of carbonyl (C=O) groups excluding carboxylic acids is 1. The molecule has 1 fully saturated rings. The lowest BCUT2D eigenvalue weighted by atomic mass is 10.1. The molecule has 0 saturated carbocycles. The third-order valence-corrected chi connectivity index (χ3v) is 3.37. The molecule has 0 unspecified atom stereocenters. The molecular formula is C16H34N2O. The minimum absolute atomic E-state index is 0.437. The third-order valence-electron chi connectivity index (χ3n) is 3.37. The van der Waals surface area contributed by atoms with E-state index < -0.39 is 0 Å². The Hall–Kier alpha value is -0.410. The Kier molecular flexibility index (Phi) is 13.7. The van der Waals surface area contributed by atoms with Crippen molar-refractivity contribution < 1.29 is 4.79 Å². The number of Topliss-reactive ketones (excluding diaryl/α,β-unsaturated/α-hetero) is 1. The number of carbonyl (C=O) groups is 1. The van der Waals surface area contributed by atoms with E-state index in [1.807, 2.05) is 0 Å². The first-order valence-electron chi connectivity index (χ1n) is 8.19. The van der Waals surface area contributed by atoms with Gasteiger partial charge in [-0.15, -0.1) is 0 Å². The van der Waals surface area contributed by atoms with Gasteiger partial charge in [-0.05, 0) is 38.9 Å². The van der Waals surface area contributed by atoms with Crippen LogP contribution in [0, 0.1) is 0 Å². The van der Waals surface area contributed by atoms with Crippen molar-refractivity contribution in [1.29, 1.82) is 0 Å². The SMILES string of the molecule is CCCCNCCCC.CCCN1CCC(=O)CC1. The fraction of sp³-hybridized carbons (Fsp3) is 0.938. The third kappa shape index (κ3) is 12.4. The number of ketones is 1. The summed E-state index contributed by atoms with van der Waals surface area (Å²) in [6, 6.07) is 0. The topological polar surface area (TPSA) is 32.3 Å². The van der Waals surface area contributed by atoms with Gasteiger partial charge in [-0.2, -0.15) is 0 Å². The van der Waals surface area contributed by atoms with Gasteiger partial charge in [0.25, 0.3) is 0 Å². The number of piperidine rings is 1. The lowest BCUT2D eigenvalue weighted by Crippen LogP contribution is -2.34. The predicted octanol–water partition coefficient (Wildman–Crippen LogP) is 3.24. The minimum atomic E-state index is 0.437. The quantitative estimate of drug-likeness (QED) is 0.687. The summed E-state index contributed by atoms with van der Waals surface area (Å²) in [6.45, 7) is 12.2. The van der Waals surface area contributed by atoms with Crippen molar-refractivity contribution in [3.63, 3.8) is 0 Å². The fourth-order valence-corrected chi connectivity index (χ4v) is 2.07. The van der Waals surface area contributed by atoms with Crippen molar-refractivity contribution in [2.24, 2.45) is 0 Å². The Morgan fingerprint density at radius 1 is 0.947 bits per heavy atom. The van der Waals surface area contributed by atoms with E-state index in [4.69, 9.17) is 0 Å². The van der Waals surface area contributed by atoms with Gasteiger partial charge in [-0.25, -0.2) is 0 Å². The number of unbranched alkanes of at least 4 members (excludes halogenated alkanes) is 2. The molecule has 1 saturated heterocycles. The van der Waals surface area contributed by atoms with Gasteiger partial charge in [0, 0.05) is 25.9 Å². The number of likely N-dealkylation sites (tertiary alicyclic amines) is 1. The molecule has 0 aliphatic carbocycles. The summed E-state index contributed by atoms with van der Waals surface area (Å²) in [4.78, 5) is 13.1. The lowest BCUT2D eigenvalue weighted by molar-refractivity contribution is -0.121. The molecule has 0 bridgehead atoms. The summed E-state index contributed by atoms with van der Waals surface area (Å²) in [7, 11) is 0. The zero-order valence-electron chi connectivity index (χ0n) is 13.3. The highest BCUT2D eigenvalue weighted by atomic mass is 16.1. The zero-order chi connectivity index (χ0) is 14.3. The van der Waals surface area contributed by atoms with Crippen LogP contribution in [0.5, 0.6) is 0 Å². The van der Waals surface area contributed by atoms with Crippen LogP contribution in [-0.4, -0.2) is 43.4 Å². The molecule has 0 atom stereocenters. The number of nitrogens with zero attached hydrogens (tertiary/aromatic N) is 1. The molecule has 3 nitrogen and oxygen atoms in total. The van der Waals surface area contributed by atoms with E-state index in [1.54, 1.807) is 0 Å². The van der Waals surface area contributed by atoms with Crippen molar-refractivity contribution in [1.82, 2.24) is 10.2 Å². The maximum atomic E-state index is 10.8. The average Bonchev–Trinajstić information content (AvgIpc) is 2.42. The lowest BCUT2D eigenvalue weighted by Gasteiger charge is -2.24. The largest absolute Gasteiger partial charge is 0.317 e. The second-order valence-corrected chi connectivity index (χ2v) is 5.34. The summed E-state index contributed by atoms with van der Waals surface area (Å²) in [6.07, 6.45) is 8.01. The van der Waals surface area contributed by atoms with Crippen LogP contribution in [0.3, 0.4) is 0 Å². The van der Waals surface area contributed by atoms with Gasteiger partial charge in [0.05, 0.1) is 0 Å². The monoisotopic (exact) mass is 270 g/mol. The van der Waals surface area contributed by atoms with Crippen LogP contribution in [0.2, 0.25) is 0 Å². The van der Waals surface area contributed by atoms with E-state index in [0.29, 0.717) is 5.78 Å². The highest BCUT2D eigenvalue weighted by Crippen LogP contribution is 2.05. The molecule has 0 amide bonds. The molecular weight excluding hydrogens is 236 g/mol. The van der Waals surface area contributed by atoms with Crippen LogP contribution >= 0.6 is 0 Å². The Bertz CT molecular complexity index is 191. The molecule has 19 heavy (non-hydrogen) atoms. The first-order chi connectivity index (χ1) is 9.24.